The van der Waals surface area contributed by atoms with Crippen LogP contribution in [0.3, 0.4) is 0 Å². The average molecular weight is 933 g/mol. The third-order valence-corrected chi connectivity index (χ3v) is 19.1. The van der Waals surface area contributed by atoms with Crippen molar-refractivity contribution in [3.63, 3.8) is 0 Å². The fourth-order valence-corrected chi connectivity index (χ4v) is 14.9. The topological polar surface area (TPSA) is 73.5 Å². The van der Waals surface area contributed by atoms with Gasteiger partial charge < -0.3 is 0 Å². The SMILES string of the molecule is CC1=CC=C(c2ccc(-c3c4nc(-c5ccc(CCC(C)CCCC(C)C)s5)sc4c(-c4ccc(C)s4)c4nc(-c5ccc(CCC(C)CCCC(C)C)s5)sc34)s2)C(=N)C1=N. The molecule has 2 N–H and O–H groups in total. The van der Waals surface area contributed by atoms with Gasteiger partial charge in [0.2, 0.25) is 0 Å². The number of aryl methyl sites for hydroxylation is 3. The third-order valence-electron chi connectivity index (χ3n) is 12.2. The van der Waals surface area contributed by atoms with Gasteiger partial charge in [0.05, 0.1) is 41.6 Å². The molecule has 1 aromatic carbocycles. The van der Waals surface area contributed by atoms with Crippen LogP contribution in [0, 0.1) is 41.4 Å². The summed E-state index contributed by atoms with van der Waals surface area (Å²) in [4.78, 5) is 21.2. The van der Waals surface area contributed by atoms with E-state index in [2.05, 4.69) is 97.0 Å². The first kappa shape index (κ1) is 45.2. The first-order chi connectivity index (χ1) is 29.8. The monoisotopic (exact) mass is 932 g/mol. The minimum absolute atomic E-state index is 0.282. The number of benzene rings is 1. The van der Waals surface area contributed by atoms with Gasteiger partial charge in [0.15, 0.2) is 0 Å². The Morgan fingerprint density at radius 1 is 0.484 bits per heavy atom. The van der Waals surface area contributed by atoms with Gasteiger partial charge in [-0.2, -0.15) is 0 Å². The van der Waals surface area contributed by atoms with Crippen LogP contribution in [-0.4, -0.2) is 21.4 Å². The van der Waals surface area contributed by atoms with Crippen LogP contribution in [0.4, 0.5) is 0 Å². The van der Waals surface area contributed by atoms with Crippen molar-refractivity contribution in [2.75, 3.05) is 0 Å². The van der Waals surface area contributed by atoms with E-state index in [-0.39, 0.29) is 5.71 Å². The average Bonchev–Trinajstić information content (AvgIpc) is 4.09. The summed E-state index contributed by atoms with van der Waals surface area (Å²) in [7, 11) is 0. The summed E-state index contributed by atoms with van der Waals surface area (Å²) in [5.74, 6) is 3.02. The molecule has 6 heterocycles. The van der Waals surface area contributed by atoms with Gasteiger partial charge in [-0.3, -0.25) is 10.8 Å². The second kappa shape index (κ2) is 19.8. The minimum atomic E-state index is 0.282. The summed E-state index contributed by atoms with van der Waals surface area (Å²) in [5.41, 5.74) is 6.63. The van der Waals surface area contributed by atoms with E-state index < -0.39 is 0 Å². The van der Waals surface area contributed by atoms with Crippen molar-refractivity contribution in [3.05, 3.63) is 85.8 Å². The van der Waals surface area contributed by atoms with Crippen molar-refractivity contribution in [2.24, 2.45) is 23.7 Å². The molecule has 0 saturated heterocycles. The van der Waals surface area contributed by atoms with Crippen LogP contribution in [0.15, 0.2) is 66.3 Å². The predicted octanol–water partition coefficient (Wildman–Crippen LogP) is 18.3. The maximum atomic E-state index is 8.88. The van der Waals surface area contributed by atoms with E-state index in [0.717, 1.165) is 84.0 Å². The zero-order chi connectivity index (χ0) is 43.7. The van der Waals surface area contributed by atoms with Gasteiger partial charge in [-0.25, -0.2) is 9.97 Å². The van der Waals surface area contributed by atoms with Crippen LogP contribution in [0.5, 0.6) is 0 Å². The maximum Gasteiger partial charge on any atom is 0.134 e. The molecule has 1 aliphatic rings. The molecule has 0 aliphatic heterocycles. The van der Waals surface area contributed by atoms with Crippen molar-refractivity contribution in [3.8, 4) is 40.7 Å². The van der Waals surface area contributed by atoms with E-state index in [1.165, 1.54) is 95.6 Å². The molecule has 0 radical (unpaired) electrons. The number of allylic oxidation sites excluding steroid dienone is 4. The normalized spacial score (nSPS) is 14.5. The summed E-state index contributed by atoms with van der Waals surface area (Å²) in [6, 6.07) is 18.1. The van der Waals surface area contributed by atoms with Gasteiger partial charge in [0.25, 0.3) is 0 Å². The van der Waals surface area contributed by atoms with E-state index >= 15 is 0 Å². The molecule has 0 bridgehead atoms. The Labute approximate surface area is 393 Å². The molecule has 2 unspecified atom stereocenters. The lowest BCUT2D eigenvalue weighted by Gasteiger charge is -2.13. The number of nitrogens with one attached hydrogen (secondary N) is 2. The van der Waals surface area contributed by atoms with Crippen LogP contribution in [0.1, 0.15) is 119 Å². The molecule has 8 rings (SSSR count). The molecule has 4 nitrogen and oxygen atoms in total. The highest BCUT2D eigenvalue weighted by atomic mass is 32.1. The van der Waals surface area contributed by atoms with Crippen LogP contribution in [-0.2, 0) is 12.8 Å². The molecule has 6 aromatic heterocycles. The lowest BCUT2D eigenvalue weighted by Crippen LogP contribution is -2.17. The van der Waals surface area contributed by atoms with E-state index in [4.69, 9.17) is 20.8 Å². The highest BCUT2D eigenvalue weighted by Gasteiger charge is 2.28. The zero-order valence-electron chi connectivity index (χ0n) is 37.5. The molecule has 0 fully saturated rings. The predicted molar refractivity (Wildman–Crippen MR) is 280 cm³/mol. The number of hydrogen-bond acceptors (Lipinski definition) is 10. The van der Waals surface area contributed by atoms with Crippen LogP contribution in [0.2, 0.25) is 0 Å². The Morgan fingerprint density at radius 2 is 0.968 bits per heavy atom. The van der Waals surface area contributed by atoms with Crippen molar-refractivity contribution in [1.29, 1.82) is 10.8 Å². The molecule has 2 atom stereocenters. The molecule has 10 heteroatoms. The number of fused-ring (bicyclic) bond motifs is 2. The van der Waals surface area contributed by atoms with Crippen molar-refractivity contribution >= 4 is 105 Å². The smallest absolute Gasteiger partial charge is 0.134 e. The molecule has 0 spiro atoms. The molecule has 1 aliphatic carbocycles. The summed E-state index contributed by atoms with van der Waals surface area (Å²) < 4.78 is 2.36. The lowest BCUT2D eigenvalue weighted by atomic mass is 9.94. The fraction of sp³-hybridized carbons (Fsp3) is 0.423. The zero-order valence-corrected chi connectivity index (χ0v) is 42.4. The van der Waals surface area contributed by atoms with Gasteiger partial charge in [-0.05, 0) is 117 Å². The van der Waals surface area contributed by atoms with Crippen LogP contribution < -0.4 is 0 Å². The number of thiazole rings is 2. The Balaban J connectivity index is 1.20. The second-order valence-electron chi connectivity index (χ2n) is 18.4. The Kier molecular flexibility index (Phi) is 14.4. The van der Waals surface area contributed by atoms with Gasteiger partial charge in [-0.15, -0.1) is 68.0 Å². The summed E-state index contributed by atoms with van der Waals surface area (Å²) in [6.45, 7) is 18.3. The minimum Gasteiger partial charge on any atom is -0.298 e. The molecule has 324 valence electrons. The summed E-state index contributed by atoms with van der Waals surface area (Å²) in [5, 5.41) is 19.6. The van der Waals surface area contributed by atoms with Crippen molar-refractivity contribution in [2.45, 2.75) is 120 Å². The van der Waals surface area contributed by atoms with Crippen molar-refractivity contribution in [1.82, 2.24) is 9.97 Å². The Bertz CT molecular complexity index is 2650. The van der Waals surface area contributed by atoms with Gasteiger partial charge in [-0.1, -0.05) is 92.2 Å². The van der Waals surface area contributed by atoms with E-state index in [1.54, 1.807) is 22.7 Å². The summed E-state index contributed by atoms with van der Waals surface area (Å²) >= 11 is 11.0. The molecule has 0 amide bonds. The highest BCUT2D eigenvalue weighted by molar-refractivity contribution is 7.28. The van der Waals surface area contributed by atoms with E-state index in [1.807, 2.05) is 64.4 Å². The van der Waals surface area contributed by atoms with Gasteiger partial charge in [0.1, 0.15) is 10.0 Å². The molecule has 62 heavy (non-hydrogen) atoms. The lowest BCUT2D eigenvalue weighted by molar-refractivity contribution is 0.437. The van der Waals surface area contributed by atoms with Gasteiger partial charge in [0, 0.05) is 46.0 Å². The number of aromatic nitrogens is 2. The first-order valence-corrected chi connectivity index (χ1v) is 27.4. The first-order valence-electron chi connectivity index (χ1n) is 22.5. The van der Waals surface area contributed by atoms with Crippen LogP contribution >= 0.6 is 68.0 Å². The standard InChI is InChI=1S/C52H60N4S6/c1-29(2)11-9-13-31(5)15-19-35-21-25-41(58-35)51-55-47-43(39-24-18-34(8)57-39)49-48(56-52(61-49)42-26-22-36(59-42)20-16-32(6)14-10-12-30(3)4)44(50(47)62-51)40-28-27-38(60-40)37-23-17-33(7)45(53)46(37)54/h17-18,21-32,53-54H,9-16,19-20H2,1-8H3. The molecular weight excluding hydrogens is 873 g/mol. The number of thiophene rings is 4. The number of rotatable bonds is 19. The van der Waals surface area contributed by atoms with E-state index in [0.29, 0.717) is 5.71 Å². The largest absolute Gasteiger partial charge is 0.298 e. The Morgan fingerprint density at radius 3 is 1.47 bits per heavy atom. The van der Waals surface area contributed by atoms with Crippen molar-refractivity contribution < 1.29 is 0 Å². The number of hydrogen-bond donors (Lipinski definition) is 2. The molecular formula is C52H60N4S6. The van der Waals surface area contributed by atoms with Gasteiger partial charge >= 0.3 is 0 Å². The second-order valence-corrected chi connectivity index (χ2v) is 25.1. The molecule has 0 saturated carbocycles. The van der Waals surface area contributed by atoms with E-state index in [9.17, 15) is 0 Å². The fourth-order valence-electron chi connectivity index (χ4n) is 8.37. The summed E-state index contributed by atoms with van der Waals surface area (Å²) in [6.07, 6.45) is 16.5. The Hall–Kier alpha value is -3.38. The quantitative estimate of drug-likeness (QED) is 0.0793. The maximum absolute atomic E-state index is 8.88. The molecule has 7 aromatic rings. The van der Waals surface area contributed by atoms with Crippen LogP contribution in [0.25, 0.3) is 66.7 Å². The highest BCUT2D eigenvalue weighted by Crippen LogP contribution is 2.53. The third kappa shape index (κ3) is 10.1. The number of nitrogens with zero attached hydrogens (tertiary/aromatic N) is 2.